The van der Waals surface area contributed by atoms with Gasteiger partial charge in [-0.3, -0.25) is 0 Å². The summed E-state index contributed by atoms with van der Waals surface area (Å²) in [5, 5.41) is 0. The quantitative estimate of drug-likeness (QED) is 0.476. The highest BCUT2D eigenvalue weighted by Crippen LogP contribution is 2.22. The van der Waals surface area contributed by atoms with E-state index in [1.807, 2.05) is 6.92 Å². The van der Waals surface area contributed by atoms with E-state index < -0.39 is 0 Å². The predicted molar refractivity (Wildman–Crippen MR) is 45.8 cm³/mol. The Morgan fingerprint density at radius 3 is 2.58 bits per heavy atom. The second-order valence-corrected chi connectivity index (χ2v) is 3.11. The molecule has 0 N–H and O–H groups in total. The molecule has 0 aliphatic heterocycles. The lowest BCUT2D eigenvalue weighted by atomic mass is 9.93. The molecular formula is C9H15NO2. The van der Waals surface area contributed by atoms with Crippen LogP contribution in [0.2, 0.25) is 0 Å². The molecule has 0 radical (unpaired) electrons. The van der Waals surface area contributed by atoms with E-state index in [-0.39, 0.29) is 6.04 Å². The Hall–Kier alpha value is -0.660. The minimum Gasteiger partial charge on any atom is -0.379 e. The van der Waals surface area contributed by atoms with Crippen LogP contribution >= 0.6 is 0 Å². The van der Waals surface area contributed by atoms with E-state index in [0.29, 0.717) is 6.10 Å². The maximum absolute atomic E-state index is 9.96. The molecule has 0 amide bonds. The van der Waals surface area contributed by atoms with Gasteiger partial charge in [0.15, 0.2) is 0 Å². The van der Waals surface area contributed by atoms with Crippen molar-refractivity contribution < 1.29 is 9.53 Å². The molecule has 1 aliphatic rings. The lowest BCUT2D eigenvalue weighted by molar-refractivity contribution is 0.0335. The van der Waals surface area contributed by atoms with Crippen LogP contribution in [0.15, 0.2) is 4.99 Å². The maximum atomic E-state index is 9.96. The zero-order valence-corrected chi connectivity index (χ0v) is 7.45. The molecule has 0 unspecified atom stereocenters. The molecule has 0 aromatic carbocycles. The van der Waals surface area contributed by atoms with Crippen LogP contribution in [-0.4, -0.2) is 24.8 Å². The number of nitrogens with zero attached hydrogens (tertiary/aromatic N) is 1. The lowest BCUT2D eigenvalue weighted by Gasteiger charge is -2.24. The second kappa shape index (κ2) is 5.07. The van der Waals surface area contributed by atoms with Crippen molar-refractivity contribution in [1.82, 2.24) is 0 Å². The molecule has 12 heavy (non-hydrogen) atoms. The zero-order valence-electron chi connectivity index (χ0n) is 7.45. The van der Waals surface area contributed by atoms with Crippen molar-refractivity contribution in [2.24, 2.45) is 4.99 Å². The zero-order chi connectivity index (χ0) is 8.81. The molecule has 0 atom stereocenters. The van der Waals surface area contributed by atoms with E-state index >= 15 is 0 Å². The van der Waals surface area contributed by atoms with Gasteiger partial charge >= 0.3 is 0 Å². The van der Waals surface area contributed by atoms with Crippen LogP contribution in [0.4, 0.5) is 0 Å². The van der Waals surface area contributed by atoms with Crippen molar-refractivity contribution in [2.45, 2.75) is 44.8 Å². The lowest BCUT2D eigenvalue weighted by Crippen LogP contribution is -2.23. The third kappa shape index (κ3) is 2.76. The van der Waals surface area contributed by atoms with Crippen molar-refractivity contribution >= 4 is 6.08 Å². The average molecular weight is 169 g/mol. The first-order valence-electron chi connectivity index (χ1n) is 4.55. The molecule has 0 aromatic heterocycles. The van der Waals surface area contributed by atoms with Crippen molar-refractivity contribution in [1.29, 1.82) is 0 Å². The standard InChI is InChI=1S/C9H15NO2/c1-2-12-9-5-3-8(4-6-9)10-7-11/h8-9H,2-6H2,1H3. The first-order chi connectivity index (χ1) is 5.86. The topological polar surface area (TPSA) is 38.7 Å². The summed E-state index contributed by atoms with van der Waals surface area (Å²) in [5.41, 5.74) is 0. The summed E-state index contributed by atoms with van der Waals surface area (Å²) in [6, 6.07) is 0.208. The van der Waals surface area contributed by atoms with Gasteiger partial charge in [-0.05, 0) is 32.6 Å². The SMILES string of the molecule is CCOC1CCC(N=C=O)CC1. The Bertz CT molecular complexity index is 167. The summed E-state index contributed by atoms with van der Waals surface area (Å²) < 4.78 is 5.47. The molecular weight excluding hydrogens is 154 g/mol. The number of carbonyl (C=O) groups excluding carboxylic acids is 1. The van der Waals surface area contributed by atoms with E-state index in [1.54, 1.807) is 6.08 Å². The van der Waals surface area contributed by atoms with E-state index in [4.69, 9.17) is 4.74 Å². The van der Waals surface area contributed by atoms with Crippen molar-refractivity contribution in [2.75, 3.05) is 6.61 Å². The summed E-state index contributed by atoms with van der Waals surface area (Å²) in [6.07, 6.45) is 6.02. The highest BCUT2D eigenvalue weighted by molar-refractivity contribution is 5.33. The number of hydrogen-bond acceptors (Lipinski definition) is 3. The number of isocyanates is 1. The molecule has 0 bridgehead atoms. The maximum Gasteiger partial charge on any atom is 0.235 e. The third-order valence-corrected chi connectivity index (χ3v) is 2.28. The summed E-state index contributed by atoms with van der Waals surface area (Å²) in [5.74, 6) is 0. The van der Waals surface area contributed by atoms with Crippen molar-refractivity contribution in [3.63, 3.8) is 0 Å². The molecule has 1 rings (SSSR count). The van der Waals surface area contributed by atoms with Gasteiger partial charge in [-0.1, -0.05) is 0 Å². The third-order valence-electron chi connectivity index (χ3n) is 2.28. The molecule has 68 valence electrons. The minimum atomic E-state index is 0.208. The van der Waals surface area contributed by atoms with Crippen LogP contribution in [-0.2, 0) is 9.53 Å². The van der Waals surface area contributed by atoms with Gasteiger partial charge in [0.25, 0.3) is 0 Å². The van der Waals surface area contributed by atoms with Crippen LogP contribution in [0.5, 0.6) is 0 Å². The Morgan fingerprint density at radius 1 is 1.42 bits per heavy atom. The Balaban J connectivity index is 2.24. The van der Waals surface area contributed by atoms with Gasteiger partial charge in [-0.25, -0.2) is 9.79 Å². The van der Waals surface area contributed by atoms with E-state index in [2.05, 4.69) is 4.99 Å². The second-order valence-electron chi connectivity index (χ2n) is 3.11. The van der Waals surface area contributed by atoms with Gasteiger partial charge in [-0.15, -0.1) is 0 Å². The van der Waals surface area contributed by atoms with Crippen molar-refractivity contribution in [3.05, 3.63) is 0 Å². The van der Waals surface area contributed by atoms with Gasteiger partial charge in [0, 0.05) is 6.61 Å². The van der Waals surface area contributed by atoms with Gasteiger partial charge in [0.1, 0.15) is 0 Å². The summed E-state index contributed by atoms with van der Waals surface area (Å²) in [7, 11) is 0. The molecule has 3 nitrogen and oxygen atoms in total. The van der Waals surface area contributed by atoms with Gasteiger partial charge in [0.05, 0.1) is 12.1 Å². The van der Waals surface area contributed by atoms with E-state index in [0.717, 1.165) is 32.3 Å². The highest BCUT2D eigenvalue weighted by atomic mass is 16.5. The molecule has 0 aromatic rings. The van der Waals surface area contributed by atoms with Gasteiger partial charge < -0.3 is 4.74 Å². The summed E-state index contributed by atoms with van der Waals surface area (Å²) in [4.78, 5) is 13.7. The molecule has 1 fully saturated rings. The van der Waals surface area contributed by atoms with Gasteiger partial charge in [-0.2, -0.15) is 0 Å². The largest absolute Gasteiger partial charge is 0.379 e. The van der Waals surface area contributed by atoms with Crippen LogP contribution in [0.25, 0.3) is 0 Å². The van der Waals surface area contributed by atoms with Crippen molar-refractivity contribution in [3.8, 4) is 0 Å². The first-order valence-corrected chi connectivity index (χ1v) is 4.55. The summed E-state index contributed by atoms with van der Waals surface area (Å²) >= 11 is 0. The molecule has 1 aliphatic carbocycles. The predicted octanol–water partition coefficient (Wildman–Crippen LogP) is 1.67. The Kier molecular flexibility index (Phi) is 3.98. The average Bonchev–Trinajstić information content (AvgIpc) is 2.09. The smallest absolute Gasteiger partial charge is 0.235 e. The highest BCUT2D eigenvalue weighted by Gasteiger charge is 2.20. The fourth-order valence-electron chi connectivity index (χ4n) is 1.65. The van der Waals surface area contributed by atoms with Crippen LogP contribution in [0.3, 0.4) is 0 Å². The Morgan fingerprint density at radius 2 is 2.08 bits per heavy atom. The number of ether oxygens (including phenoxy) is 1. The number of hydrogen-bond donors (Lipinski definition) is 0. The van der Waals surface area contributed by atoms with E-state index in [9.17, 15) is 4.79 Å². The van der Waals surface area contributed by atoms with Crippen LogP contribution in [0.1, 0.15) is 32.6 Å². The van der Waals surface area contributed by atoms with Crippen LogP contribution in [0, 0.1) is 0 Å². The normalized spacial score (nSPS) is 29.4. The monoisotopic (exact) mass is 169 g/mol. The fourth-order valence-corrected chi connectivity index (χ4v) is 1.65. The molecule has 3 heteroatoms. The molecule has 0 spiro atoms. The van der Waals surface area contributed by atoms with Gasteiger partial charge in [0.2, 0.25) is 6.08 Å². The molecule has 1 saturated carbocycles. The van der Waals surface area contributed by atoms with Crippen LogP contribution < -0.4 is 0 Å². The van der Waals surface area contributed by atoms with E-state index in [1.165, 1.54) is 0 Å². The Labute approximate surface area is 72.8 Å². The number of aliphatic imine (C=N–C) groups is 1. The molecule has 0 saturated heterocycles. The molecule has 0 heterocycles. The summed E-state index contributed by atoms with van der Waals surface area (Å²) in [6.45, 7) is 2.79. The number of rotatable bonds is 3. The first kappa shape index (κ1) is 9.43. The minimum absolute atomic E-state index is 0.208. The fraction of sp³-hybridized carbons (Fsp3) is 0.889.